The van der Waals surface area contributed by atoms with E-state index < -0.39 is 0 Å². The van der Waals surface area contributed by atoms with Crippen LogP contribution in [0.1, 0.15) is 0 Å². The quantitative estimate of drug-likeness (QED) is 0.643. The SMILES string of the molecule is Oc1cccc(-c2nc(N3CCOCC3)nc3c2cnn3CCN2CCNCC2)c1. The molecular formula is C21H27N7O2. The number of nitrogens with zero attached hydrogens (tertiary/aromatic N) is 6. The van der Waals surface area contributed by atoms with Crippen LogP contribution in [0.15, 0.2) is 30.5 Å². The van der Waals surface area contributed by atoms with Crippen LogP contribution >= 0.6 is 0 Å². The lowest BCUT2D eigenvalue weighted by Gasteiger charge is -2.27. The number of fused-ring (bicyclic) bond motifs is 1. The molecule has 5 rings (SSSR count). The molecule has 0 bridgehead atoms. The monoisotopic (exact) mass is 409 g/mol. The van der Waals surface area contributed by atoms with Gasteiger partial charge in [-0.05, 0) is 12.1 Å². The lowest BCUT2D eigenvalue weighted by Crippen LogP contribution is -2.44. The topological polar surface area (TPSA) is 91.6 Å². The summed E-state index contributed by atoms with van der Waals surface area (Å²) < 4.78 is 7.48. The summed E-state index contributed by atoms with van der Waals surface area (Å²) in [6, 6.07) is 7.20. The van der Waals surface area contributed by atoms with Gasteiger partial charge in [0.2, 0.25) is 5.95 Å². The van der Waals surface area contributed by atoms with Gasteiger partial charge in [0, 0.05) is 51.4 Å². The number of phenols is 1. The Morgan fingerprint density at radius 3 is 2.67 bits per heavy atom. The molecule has 158 valence electrons. The number of ether oxygens (including phenoxy) is 1. The van der Waals surface area contributed by atoms with E-state index in [0.717, 1.165) is 74.6 Å². The lowest BCUT2D eigenvalue weighted by atomic mass is 10.1. The largest absolute Gasteiger partial charge is 0.508 e. The summed E-state index contributed by atoms with van der Waals surface area (Å²) in [4.78, 5) is 14.4. The van der Waals surface area contributed by atoms with Crippen LogP contribution in [0.5, 0.6) is 5.75 Å². The summed E-state index contributed by atoms with van der Waals surface area (Å²) in [5, 5.41) is 18.9. The van der Waals surface area contributed by atoms with Gasteiger partial charge in [-0.3, -0.25) is 4.90 Å². The van der Waals surface area contributed by atoms with E-state index in [1.165, 1.54) is 0 Å². The second-order valence-corrected chi connectivity index (χ2v) is 7.72. The minimum absolute atomic E-state index is 0.221. The minimum atomic E-state index is 0.221. The Kier molecular flexibility index (Phi) is 5.48. The first-order valence-corrected chi connectivity index (χ1v) is 10.6. The molecule has 0 unspecified atom stereocenters. The summed E-state index contributed by atoms with van der Waals surface area (Å²) >= 11 is 0. The van der Waals surface area contributed by atoms with Crippen LogP contribution in [0.2, 0.25) is 0 Å². The van der Waals surface area contributed by atoms with Gasteiger partial charge in [-0.25, -0.2) is 9.67 Å². The van der Waals surface area contributed by atoms with Crippen LogP contribution in [-0.2, 0) is 11.3 Å². The Labute approximate surface area is 175 Å². The third-order valence-corrected chi connectivity index (χ3v) is 5.74. The Morgan fingerprint density at radius 1 is 1.03 bits per heavy atom. The molecule has 2 aliphatic heterocycles. The molecule has 1 aromatic carbocycles. The molecule has 9 nitrogen and oxygen atoms in total. The number of aromatic hydroxyl groups is 1. The van der Waals surface area contributed by atoms with Crippen LogP contribution in [-0.4, -0.2) is 88.8 Å². The van der Waals surface area contributed by atoms with Gasteiger partial charge in [0.25, 0.3) is 0 Å². The van der Waals surface area contributed by atoms with E-state index in [1.807, 2.05) is 23.0 Å². The van der Waals surface area contributed by atoms with E-state index in [9.17, 15) is 5.11 Å². The van der Waals surface area contributed by atoms with Gasteiger partial charge >= 0.3 is 0 Å². The molecule has 30 heavy (non-hydrogen) atoms. The maximum Gasteiger partial charge on any atom is 0.228 e. The van der Waals surface area contributed by atoms with Crippen LogP contribution in [0.4, 0.5) is 5.95 Å². The molecule has 0 saturated carbocycles. The van der Waals surface area contributed by atoms with Crippen molar-refractivity contribution in [3.05, 3.63) is 30.5 Å². The second kappa shape index (κ2) is 8.55. The first-order valence-electron chi connectivity index (χ1n) is 10.6. The number of hydrogen-bond donors (Lipinski definition) is 2. The van der Waals surface area contributed by atoms with E-state index in [0.29, 0.717) is 19.2 Å². The van der Waals surface area contributed by atoms with Crippen LogP contribution in [0.3, 0.4) is 0 Å². The highest BCUT2D eigenvalue weighted by atomic mass is 16.5. The first kappa shape index (κ1) is 19.2. The molecule has 9 heteroatoms. The predicted molar refractivity (Wildman–Crippen MR) is 115 cm³/mol. The second-order valence-electron chi connectivity index (χ2n) is 7.72. The molecule has 0 aliphatic carbocycles. The van der Waals surface area contributed by atoms with Crippen LogP contribution < -0.4 is 10.2 Å². The third kappa shape index (κ3) is 3.96. The number of benzene rings is 1. The first-order chi connectivity index (χ1) is 14.8. The van der Waals surface area contributed by atoms with E-state index in [1.54, 1.807) is 12.1 Å². The summed E-state index contributed by atoms with van der Waals surface area (Å²) in [7, 11) is 0. The van der Waals surface area contributed by atoms with Gasteiger partial charge in [-0.2, -0.15) is 10.1 Å². The molecule has 0 atom stereocenters. The molecule has 4 heterocycles. The molecule has 0 amide bonds. The normalized spacial score (nSPS) is 18.2. The van der Waals surface area contributed by atoms with Crippen molar-refractivity contribution in [2.45, 2.75) is 6.54 Å². The fourth-order valence-corrected chi connectivity index (χ4v) is 4.06. The van der Waals surface area contributed by atoms with Crippen LogP contribution in [0, 0.1) is 0 Å². The third-order valence-electron chi connectivity index (χ3n) is 5.74. The van der Waals surface area contributed by atoms with Crippen molar-refractivity contribution in [1.82, 2.24) is 30.0 Å². The van der Waals surface area contributed by atoms with Gasteiger partial charge in [0.05, 0.1) is 37.0 Å². The molecule has 2 fully saturated rings. The molecule has 2 aliphatic rings. The smallest absolute Gasteiger partial charge is 0.228 e. The summed E-state index contributed by atoms with van der Waals surface area (Å²) in [5.74, 6) is 0.909. The molecular weight excluding hydrogens is 382 g/mol. The van der Waals surface area contributed by atoms with E-state index in [4.69, 9.17) is 14.7 Å². The zero-order valence-electron chi connectivity index (χ0n) is 17.0. The Balaban J connectivity index is 1.53. The molecule has 2 saturated heterocycles. The van der Waals surface area contributed by atoms with Crippen molar-refractivity contribution < 1.29 is 9.84 Å². The Morgan fingerprint density at radius 2 is 1.87 bits per heavy atom. The highest BCUT2D eigenvalue weighted by Gasteiger charge is 2.20. The lowest BCUT2D eigenvalue weighted by molar-refractivity contribution is 0.122. The van der Waals surface area contributed by atoms with Gasteiger partial charge in [0.1, 0.15) is 5.75 Å². The van der Waals surface area contributed by atoms with Gasteiger partial charge in [-0.15, -0.1) is 0 Å². The van der Waals surface area contributed by atoms with Crippen molar-refractivity contribution in [2.24, 2.45) is 0 Å². The number of piperazine rings is 1. The zero-order chi connectivity index (χ0) is 20.3. The molecule has 3 aromatic rings. The van der Waals surface area contributed by atoms with Gasteiger partial charge in [-0.1, -0.05) is 12.1 Å². The fraction of sp³-hybridized carbons (Fsp3) is 0.476. The Bertz CT molecular complexity index is 1010. The summed E-state index contributed by atoms with van der Waals surface area (Å²) in [6.45, 7) is 8.77. The zero-order valence-corrected chi connectivity index (χ0v) is 17.0. The van der Waals surface area contributed by atoms with Crippen LogP contribution in [0.25, 0.3) is 22.3 Å². The van der Waals surface area contributed by atoms with Gasteiger partial charge in [0.15, 0.2) is 5.65 Å². The van der Waals surface area contributed by atoms with Crippen molar-refractivity contribution in [1.29, 1.82) is 0 Å². The predicted octanol–water partition coefficient (Wildman–Crippen LogP) is 0.941. The number of rotatable bonds is 5. The number of anilines is 1. The maximum atomic E-state index is 10.00. The van der Waals surface area contributed by atoms with Gasteiger partial charge < -0.3 is 20.1 Å². The summed E-state index contributed by atoms with van der Waals surface area (Å²) in [5.41, 5.74) is 2.49. The molecule has 0 spiro atoms. The Hall–Kier alpha value is -2.75. The minimum Gasteiger partial charge on any atom is -0.508 e. The average molecular weight is 409 g/mol. The number of phenolic OH excluding ortho intramolecular Hbond substituents is 1. The highest BCUT2D eigenvalue weighted by Crippen LogP contribution is 2.30. The van der Waals surface area contributed by atoms with E-state index >= 15 is 0 Å². The molecule has 2 aromatic heterocycles. The van der Waals surface area contributed by atoms with E-state index in [2.05, 4.69) is 20.2 Å². The van der Waals surface area contributed by atoms with Crippen molar-refractivity contribution in [3.63, 3.8) is 0 Å². The number of aromatic nitrogens is 4. The molecule has 2 N–H and O–H groups in total. The molecule has 0 radical (unpaired) electrons. The van der Waals surface area contributed by atoms with E-state index in [-0.39, 0.29) is 5.75 Å². The standard InChI is InChI=1S/C21H27N7O2/c29-17-3-1-2-16(14-17)19-18-15-23-28(9-8-26-6-4-22-5-7-26)20(18)25-21(24-19)27-10-12-30-13-11-27/h1-3,14-15,22,29H,4-13H2. The maximum absolute atomic E-state index is 10.00. The van der Waals surface area contributed by atoms with Crippen molar-refractivity contribution >= 4 is 17.0 Å². The van der Waals surface area contributed by atoms with Crippen molar-refractivity contribution in [2.75, 3.05) is 63.9 Å². The number of morpholine rings is 1. The fourth-order valence-electron chi connectivity index (χ4n) is 4.06. The average Bonchev–Trinajstić information content (AvgIpc) is 3.21. The number of hydrogen-bond acceptors (Lipinski definition) is 8. The highest BCUT2D eigenvalue weighted by molar-refractivity contribution is 5.91. The summed E-state index contributed by atoms with van der Waals surface area (Å²) in [6.07, 6.45) is 1.84. The number of nitrogens with one attached hydrogen (secondary N) is 1. The van der Waals surface area contributed by atoms with Crippen molar-refractivity contribution in [3.8, 4) is 17.0 Å².